The topological polar surface area (TPSA) is 42.0 Å². The maximum atomic E-state index is 11.6. The Morgan fingerprint density at radius 2 is 2.20 bits per heavy atom. The third-order valence-electron chi connectivity index (χ3n) is 1.99. The molecule has 82 valence electrons. The monoisotopic (exact) mass is 270 g/mol. The van der Waals surface area contributed by atoms with Crippen LogP contribution in [0, 0.1) is 13.8 Å². The first kappa shape index (κ1) is 12.2. The first-order chi connectivity index (χ1) is 7.02. The number of carbonyl (C=O) groups is 1. The van der Waals surface area contributed by atoms with Crippen LogP contribution in [0.25, 0.3) is 0 Å². The second-order valence-electron chi connectivity index (χ2n) is 3.54. The van der Waals surface area contributed by atoms with Crippen molar-refractivity contribution in [1.29, 1.82) is 0 Å². The van der Waals surface area contributed by atoms with Crippen molar-refractivity contribution < 1.29 is 4.79 Å². The molecule has 1 amide bonds. The quantitative estimate of drug-likeness (QED) is 0.859. The largest absolute Gasteiger partial charge is 0.310 e. The van der Waals surface area contributed by atoms with Gasteiger partial charge in [0.2, 0.25) is 5.91 Å². The van der Waals surface area contributed by atoms with Crippen molar-refractivity contribution in [1.82, 2.24) is 4.98 Å². The summed E-state index contributed by atoms with van der Waals surface area (Å²) in [5.74, 6) is 0.574. The summed E-state index contributed by atoms with van der Waals surface area (Å²) < 4.78 is 0. The van der Waals surface area contributed by atoms with Crippen LogP contribution in [0.4, 0.5) is 5.82 Å². The molecule has 0 aliphatic carbocycles. The zero-order valence-electron chi connectivity index (χ0n) is 9.17. The van der Waals surface area contributed by atoms with Crippen molar-refractivity contribution in [2.24, 2.45) is 0 Å². The van der Waals surface area contributed by atoms with E-state index in [0.29, 0.717) is 5.82 Å². The van der Waals surface area contributed by atoms with E-state index >= 15 is 0 Å². The van der Waals surface area contributed by atoms with E-state index in [1.54, 1.807) is 0 Å². The summed E-state index contributed by atoms with van der Waals surface area (Å²) in [6.45, 7) is 5.85. The molecule has 1 unspecified atom stereocenters. The zero-order valence-corrected chi connectivity index (χ0v) is 10.8. The summed E-state index contributed by atoms with van der Waals surface area (Å²) in [6, 6.07) is 3.83. The minimum Gasteiger partial charge on any atom is -0.310 e. The number of anilines is 1. The highest BCUT2D eigenvalue weighted by Gasteiger charge is 2.12. The number of nitrogens with zero attached hydrogens (tertiary/aromatic N) is 1. The van der Waals surface area contributed by atoms with Crippen molar-refractivity contribution in [3.63, 3.8) is 0 Å². The number of halogens is 1. The first-order valence-electron chi connectivity index (χ1n) is 4.93. The molecule has 1 aromatic heterocycles. The molecule has 15 heavy (non-hydrogen) atoms. The number of alkyl halides is 1. The molecule has 0 saturated carbocycles. The molecule has 0 aliphatic heterocycles. The van der Waals surface area contributed by atoms with Gasteiger partial charge in [-0.05, 0) is 38.0 Å². The fraction of sp³-hybridized carbons (Fsp3) is 0.455. The third-order valence-corrected chi connectivity index (χ3v) is 3.06. The normalized spacial score (nSPS) is 12.3. The van der Waals surface area contributed by atoms with Gasteiger partial charge in [-0.1, -0.05) is 22.9 Å². The standard InChI is InChI=1S/C11H15BrN2O/c1-4-9(12)11(15)14-10-6-7(2)5-8(3)13-10/h5-6,9H,4H2,1-3H3,(H,13,14,15). The van der Waals surface area contributed by atoms with Gasteiger partial charge in [-0.3, -0.25) is 4.79 Å². The average Bonchev–Trinajstić information content (AvgIpc) is 2.14. The molecule has 0 radical (unpaired) electrons. The molecule has 0 bridgehead atoms. The highest BCUT2D eigenvalue weighted by molar-refractivity contribution is 9.10. The fourth-order valence-corrected chi connectivity index (χ4v) is 1.41. The maximum absolute atomic E-state index is 11.6. The van der Waals surface area contributed by atoms with Gasteiger partial charge < -0.3 is 5.32 Å². The summed E-state index contributed by atoms with van der Waals surface area (Å²) >= 11 is 3.30. The van der Waals surface area contributed by atoms with Crippen molar-refractivity contribution in [3.8, 4) is 0 Å². The van der Waals surface area contributed by atoms with Gasteiger partial charge in [0.25, 0.3) is 0 Å². The Labute approximate surface area is 98.4 Å². The number of amides is 1. The lowest BCUT2D eigenvalue weighted by molar-refractivity contribution is -0.115. The molecular formula is C11H15BrN2O. The number of aromatic nitrogens is 1. The van der Waals surface area contributed by atoms with Crippen molar-refractivity contribution in [3.05, 3.63) is 23.4 Å². The Morgan fingerprint density at radius 1 is 1.53 bits per heavy atom. The number of nitrogens with one attached hydrogen (secondary N) is 1. The molecule has 0 saturated heterocycles. The van der Waals surface area contributed by atoms with E-state index in [9.17, 15) is 4.79 Å². The lowest BCUT2D eigenvalue weighted by Crippen LogP contribution is -2.22. The van der Waals surface area contributed by atoms with Gasteiger partial charge in [0.1, 0.15) is 5.82 Å². The molecule has 0 aromatic carbocycles. The van der Waals surface area contributed by atoms with Crippen LogP contribution in [0.15, 0.2) is 12.1 Å². The maximum Gasteiger partial charge on any atom is 0.239 e. The molecule has 3 nitrogen and oxygen atoms in total. The van der Waals surface area contributed by atoms with Crippen molar-refractivity contribution in [2.45, 2.75) is 32.0 Å². The minimum absolute atomic E-state index is 0.0463. The molecule has 1 aromatic rings. The number of carbonyl (C=O) groups excluding carboxylic acids is 1. The lowest BCUT2D eigenvalue weighted by atomic mass is 10.2. The van der Waals surface area contributed by atoms with E-state index in [2.05, 4.69) is 26.2 Å². The van der Waals surface area contributed by atoms with Gasteiger partial charge in [0.15, 0.2) is 0 Å². The summed E-state index contributed by atoms with van der Waals surface area (Å²) in [7, 11) is 0. The van der Waals surface area contributed by atoms with Gasteiger partial charge in [-0.25, -0.2) is 4.98 Å². The smallest absolute Gasteiger partial charge is 0.239 e. The summed E-state index contributed by atoms with van der Waals surface area (Å²) in [5, 5.41) is 2.78. The third kappa shape index (κ3) is 3.63. The first-order valence-corrected chi connectivity index (χ1v) is 5.84. The Morgan fingerprint density at radius 3 is 2.73 bits per heavy atom. The highest BCUT2D eigenvalue weighted by Crippen LogP contribution is 2.12. The van der Waals surface area contributed by atoms with E-state index in [1.807, 2.05) is 32.9 Å². The Bertz CT molecular complexity index is 345. The Kier molecular flexibility index (Phi) is 4.27. The Balaban J connectivity index is 2.76. The highest BCUT2D eigenvalue weighted by atomic mass is 79.9. The van der Waals surface area contributed by atoms with E-state index in [4.69, 9.17) is 0 Å². The van der Waals surface area contributed by atoms with Gasteiger partial charge in [-0.2, -0.15) is 0 Å². The molecule has 1 N–H and O–H groups in total. The van der Waals surface area contributed by atoms with E-state index in [0.717, 1.165) is 17.7 Å². The van der Waals surface area contributed by atoms with E-state index < -0.39 is 0 Å². The summed E-state index contributed by atoms with van der Waals surface area (Å²) in [4.78, 5) is 15.7. The van der Waals surface area contributed by atoms with E-state index in [-0.39, 0.29) is 10.7 Å². The zero-order chi connectivity index (χ0) is 11.4. The minimum atomic E-state index is -0.153. The molecular weight excluding hydrogens is 256 g/mol. The molecule has 0 aliphatic rings. The number of hydrogen-bond donors (Lipinski definition) is 1. The van der Waals surface area contributed by atoms with E-state index in [1.165, 1.54) is 0 Å². The fourth-order valence-electron chi connectivity index (χ4n) is 1.30. The number of pyridine rings is 1. The number of hydrogen-bond acceptors (Lipinski definition) is 2. The predicted molar refractivity (Wildman–Crippen MR) is 65.3 cm³/mol. The van der Waals surface area contributed by atoms with Gasteiger partial charge >= 0.3 is 0 Å². The second-order valence-corrected chi connectivity index (χ2v) is 4.64. The molecule has 0 spiro atoms. The van der Waals surface area contributed by atoms with Crippen LogP contribution in [0.1, 0.15) is 24.6 Å². The van der Waals surface area contributed by atoms with Crippen LogP contribution >= 0.6 is 15.9 Å². The lowest BCUT2D eigenvalue weighted by Gasteiger charge is -2.09. The SMILES string of the molecule is CCC(Br)C(=O)Nc1cc(C)cc(C)n1. The van der Waals surface area contributed by atoms with Crippen LogP contribution in [-0.2, 0) is 4.79 Å². The van der Waals surface area contributed by atoms with Crippen molar-refractivity contribution >= 4 is 27.7 Å². The summed E-state index contributed by atoms with van der Waals surface area (Å²) in [5.41, 5.74) is 2.01. The predicted octanol–water partition coefficient (Wildman–Crippen LogP) is 2.81. The van der Waals surface area contributed by atoms with Crippen molar-refractivity contribution in [2.75, 3.05) is 5.32 Å². The molecule has 1 rings (SSSR count). The van der Waals surface area contributed by atoms with Crippen LogP contribution in [0.5, 0.6) is 0 Å². The van der Waals surface area contributed by atoms with Crippen LogP contribution in [0.3, 0.4) is 0 Å². The van der Waals surface area contributed by atoms with Crippen LogP contribution in [-0.4, -0.2) is 15.7 Å². The number of aryl methyl sites for hydroxylation is 2. The molecule has 0 fully saturated rings. The summed E-state index contributed by atoms with van der Waals surface area (Å²) in [6.07, 6.45) is 0.761. The molecule has 1 atom stereocenters. The molecule has 1 heterocycles. The van der Waals surface area contributed by atoms with Crippen LogP contribution < -0.4 is 5.32 Å². The Hall–Kier alpha value is -0.900. The van der Waals surface area contributed by atoms with Crippen LogP contribution in [0.2, 0.25) is 0 Å². The van der Waals surface area contributed by atoms with Gasteiger partial charge in [0, 0.05) is 5.69 Å². The molecule has 4 heteroatoms. The van der Waals surface area contributed by atoms with Gasteiger partial charge in [0.05, 0.1) is 4.83 Å². The average molecular weight is 271 g/mol. The number of rotatable bonds is 3. The second kappa shape index (κ2) is 5.26. The van der Waals surface area contributed by atoms with Gasteiger partial charge in [-0.15, -0.1) is 0 Å².